The van der Waals surface area contributed by atoms with Crippen molar-refractivity contribution in [2.24, 2.45) is 23.7 Å². The summed E-state index contributed by atoms with van der Waals surface area (Å²) in [6.45, 7) is 5.87. The van der Waals surface area contributed by atoms with Gasteiger partial charge in [0.2, 0.25) is 0 Å². The molecule has 2 aliphatic rings. The van der Waals surface area contributed by atoms with Crippen molar-refractivity contribution in [3.05, 3.63) is 36.9 Å². The average molecular weight is 473 g/mol. The Morgan fingerprint density at radius 3 is 1.91 bits per heavy atom. The molecule has 1 aromatic carbocycles. The number of ether oxygens (including phenoxy) is 4. The molecule has 3 rings (SSSR count). The summed E-state index contributed by atoms with van der Waals surface area (Å²) in [6, 6.07) is 7.28. The SMILES string of the molecule is C=CC(=O)OCCOC(=O)C1CCC(C2CCC(C(=O)Oc3ccccc3OCC)CC2)CC1. The molecule has 2 fully saturated rings. The Morgan fingerprint density at radius 2 is 1.35 bits per heavy atom. The van der Waals surface area contributed by atoms with Gasteiger partial charge in [0, 0.05) is 6.08 Å². The number of hydrogen-bond acceptors (Lipinski definition) is 7. The van der Waals surface area contributed by atoms with Crippen molar-refractivity contribution in [2.75, 3.05) is 19.8 Å². The van der Waals surface area contributed by atoms with E-state index in [4.69, 9.17) is 18.9 Å². The molecule has 0 amide bonds. The fourth-order valence-corrected chi connectivity index (χ4v) is 5.11. The van der Waals surface area contributed by atoms with E-state index >= 15 is 0 Å². The number of benzene rings is 1. The Balaban J connectivity index is 1.37. The first-order chi connectivity index (χ1) is 16.5. The minimum atomic E-state index is -0.519. The molecule has 2 aliphatic carbocycles. The van der Waals surface area contributed by atoms with E-state index in [0.717, 1.165) is 57.4 Å². The molecule has 7 nitrogen and oxygen atoms in total. The summed E-state index contributed by atoms with van der Waals surface area (Å²) < 4.78 is 21.3. The molecule has 1 aromatic rings. The van der Waals surface area contributed by atoms with E-state index in [2.05, 4.69) is 6.58 Å². The summed E-state index contributed by atoms with van der Waals surface area (Å²) in [5.41, 5.74) is 0. The van der Waals surface area contributed by atoms with Crippen LogP contribution in [0.1, 0.15) is 58.3 Å². The van der Waals surface area contributed by atoms with Crippen LogP contribution in [-0.4, -0.2) is 37.7 Å². The molecule has 0 saturated heterocycles. The predicted octanol–water partition coefficient (Wildman–Crippen LogP) is 4.88. The van der Waals surface area contributed by atoms with Crippen LogP contribution in [0.3, 0.4) is 0 Å². The van der Waals surface area contributed by atoms with Crippen LogP contribution >= 0.6 is 0 Å². The lowest BCUT2D eigenvalue weighted by Crippen LogP contribution is -2.31. The second kappa shape index (κ2) is 13.2. The first-order valence-electron chi connectivity index (χ1n) is 12.4. The van der Waals surface area contributed by atoms with Crippen LogP contribution in [-0.2, 0) is 23.9 Å². The number of rotatable bonds is 10. The molecule has 34 heavy (non-hydrogen) atoms. The van der Waals surface area contributed by atoms with E-state index in [1.54, 1.807) is 6.07 Å². The molecule has 0 atom stereocenters. The van der Waals surface area contributed by atoms with Crippen molar-refractivity contribution < 1.29 is 33.3 Å². The average Bonchev–Trinajstić information content (AvgIpc) is 2.87. The standard InChI is InChI=1S/C27H36O7/c1-3-25(28)32-17-18-33-26(29)21-13-9-19(10-14-21)20-11-15-22(16-12-20)27(30)34-24-8-6-5-7-23(24)31-4-2/h3,5-8,19-22H,1,4,9-18H2,2H3. The molecule has 0 spiro atoms. The number of carbonyl (C=O) groups is 3. The molecule has 2 saturated carbocycles. The van der Waals surface area contributed by atoms with E-state index in [-0.39, 0.29) is 37.0 Å². The van der Waals surface area contributed by atoms with Gasteiger partial charge >= 0.3 is 17.9 Å². The van der Waals surface area contributed by atoms with Gasteiger partial charge < -0.3 is 18.9 Å². The van der Waals surface area contributed by atoms with Crippen LogP contribution < -0.4 is 9.47 Å². The quantitative estimate of drug-likeness (QED) is 0.208. The largest absolute Gasteiger partial charge is 0.490 e. The minimum absolute atomic E-state index is 0.0504. The van der Waals surface area contributed by atoms with Crippen LogP contribution in [0, 0.1) is 23.7 Å². The Morgan fingerprint density at radius 1 is 0.824 bits per heavy atom. The van der Waals surface area contributed by atoms with E-state index in [1.807, 2.05) is 25.1 Å². The first-order valence-corrected chi connectivity index (χ1v) is 12.4. The highest BCUT2D eigenvalue weighted by molar-refractivity contribution is 5.81. The summed E-state index contributed by atoms with van der Waals surface area (Å²) in [4.78, 5) is 36.0. The van der Waals surface area contributed by atoms with Gasteiger partial charge in [0.05, 0.1) is 18.4 Å². The fourth-order valence-electron chi connectivity index (χ4n) is 5.11. The van der Waals surface area contributed by atoms with Gasteiger partial charge in [-0.15, -0.1) is 0 Å². The van der Waals surface area contributed by atoms with E-state index in [0.29, 0.717) is 29.9 Å². The number of para-hydroxylation sites is 2. The lowest BCUT2D eigenvalue weighted by atomic mass is 9.69. The maximum Gasteiger partial charge on any atom is 0.330 e. The smallest absolute Gasteiger partial charge is 0.330 e. The molecular formula is C27H36O7. The number of esters is 3. The van der Waals surface area contributed by atoms with Crippen molar-refractivity contribution in [1.29, 1.82) is 0 Å². The molecular weight excluding hydrogens is 436 g/mol. The van der Waals surface area contributed by atoms with Crippen LogP contribution in [0.25, 0.3) is 0 Å². The third kappa shape index (κ3) is 7.34. The summed E-state index contributed by atoms with van der Waals surface area (Å²) in [5.74, 6) is 1.22. The van der Waals surface area contributed by atoms with Crippen LogP contribution in [0.2, 0.25) is 0 Å². The Kier molecular flexibility index (Phi) is 9.98. The fraction of sp³-hybridized carbons (Fsp3) is 0.593. The van der Waals surface area contributed by atoms with E-state index < -0.39 is 5.97 Å². The van der Waals surface area contributed by atoms with E-state index in [9.17, 15) is 14.4 Å². The van der Waals surface area contributed by atoms with Gasteiger partial charge in [0.1, 0.15) is 13.2 Å². The van der Waals surface area contributed by atoms with Gasteiger partial charge in [-0.05, 0) is 82.3 Å². The second-order valence-electron chi connectivity index (χ2n) is 9.06. The van der Waals surface area contributed by atoms with Gasteiger partial charge in [-0.3, -0.25) is 9.59 Å². The van der Waals surface area contributed by atoms with Gasteiger partial charge in [-0.2, -0.15) is 0 Å². The number of carbonyl (C=O) groups excluding carboxylic acids is 3. The molecule has 0 aliphatic heterocycles. The first kappa shape index (κ1) is 25.8. The lowest BCUT2D eigenvalue weighted by Gasteiger charge is -2.36. The maximum absolute atomic E-state index is 12.7. The van der Waals surface area contributed by atoms with Crippen molar-refractivity contribution in [1.82, 2.24) is 0 Å². The summed E-state index contributed by atoms with van der Waals surface area (Å²) in [7, 11) is 0. The monoisotopic (exact) mass is 472 g/mol. The zero-order valence-electron chi connectivity index (χ0n) is 20.0. The predicted molar refractivity (Wildman–Crippen MR) is 126 cm³/mol. The Labute approximate surface area is 201 Å². The van der Waals surface area contributed by atoms with Crippen LogP contribution in [0.15, 0.2) is 36.9 Å². The third-order valence-corrected chi connectivity index (χ3v) is 6.98. The Bertz CT molecular complexity index is 833. The van der Waals surface area contributed by atoms with Crippen LogP contribution in [0.4, 0.5) is 0 Å². The molecule has 0 aromatic heterocycles. The molecule has 0 N–H and O–H groups in total. The second-order valence-corrected chi connectivity index (χ2v) is 9.06. The maximum atomic E-state index is 12.7. The zero-order valence-corrected chi connectivity index (χ0v) is 20.0. The van der Waals surface area contributed by atoms with Gasteiger partial charge in [-0.1, -0.05) is 18.7 Å². The van der Waals surface area contributed by atoms with E-state index in [1.165, 1.54) is 0 Å². The third-order valence-electron chi connectivity index (χ3n) is 6.98. The normalized spacial score (nSPS) is 24.5. The zero-order chi connectivity index (χ0) is 24.3. The lowest BCUT2D eigenvalue weighted by molar-refractivity contribution is -0.154. The summed E-state index contributed by atoms with van der Waals surface area (Å²) >= 11 is 0. The molecule has 7 heteroatoms. The van der Waals surface area contributed by atoms with Gasteiger partial charge in [0.15, 0.2) is 11.5 Å². The van der Waals surface area contributed by atoms with Crippen molar-refractivity contribution >= 4 is 17.9 Å². The van der Waals surface area contributed by atoms with Gasteiger partial charge in [-0.25, -0.2) is 4.79 Å². The molecule has 0 unspecified atom stereocenters. The highest BCUT2D eigenvalue weighted by Gasteiger charge is 2.35. The topological polar surface area (TPSA) is 88.1 Å². The molecule has 0 radical (unpaired) electrons. The highest BCUT2D eigenvalue weighted by Crippen LogP contribution is 2.42. The van der Waals surface area contributed by atoms with Crippen molar-refractivity contribution in [3.63, 3.8) is 0 Å². The van der Waals surface area contributed by atoms with Crippen LogP contribution in [0.5, 0.6) is 11.5 Å². The number of hydrogen-bond donors (Lipinski definition) is 0. The van der Waals surface area contributed by atoms with Crippen molar-refractivity contribution in [2.45, 2.75) is 58.3 Å². The summed E-state index contributed by atoms with van der Waals surface area (Å²) in [6.07, 6.45) is 8.46. The summed E-state index contributed by atoms with van der Waals surface area (Å²) in [5, 5.41) is 0. The molecule has 0 heterocycles. The minimum Gasteiger partial charge on any atom is -0.490 e. The molecule has 186 valence electrons. The van der Waals surface area contributed by atoms with Gasteiger partial charge in [0.25, 0.3) is 0 Å². The highest BCUT2D eigenvalue weighted by atomic mass is 16.6. The Hall–Kier alpha value is -2.83. The van der Waals surface area contributed by atoms with Crippen molar-refractivity contribution in [3.8, 4) is 11.5 Å². The molecule has 0 bridgehead atoms.